The molecule has 0 atom stereocenters. The standard InChI is InChI=1S/C23H28N4O2S/c1-3-12-27(14-20(28)24-17-10-6-4-8-15(17)2)13-19-25-22(29)21-16-9-5-7-11-18(16)30-23(21)26-19/h4,6,8,10H,3,5,7,9,11-14H2,1-2H3,(H,24,28)(H,25,26,29). The number of hydrogen-bond donors (Lipinski definition) is 2. The van der Waals surface area contributed by atoms with E-state index in [1.807, 2.05) is 36.1 Å². The van der Waals surface area contributed by atoms with E-state index in [2.05, 4.69) is 17.2 Å². The number of aromatic nitrogens is 2. The van der Waals surface area contributed by atoms with Gasteiger partial charge in [0.1, 0.15) is 10.7 Å². The molecule has 2 heterocycles. The number of carbonyl (C=O) groups is 1. The second kappa shape index (κ2) is 9.10. The van der Waals surface area contributed by atoms with Crippen molar-refractivity contribution < 1.29 is 4.79 Å². The summed E-state index contributed by atoms with van der Waals surface area (Å²) in [5, 5.41) is 3.76. The maximum Gasteiger partial charge on any atom is 0.259 e. The second-order valence-electron chi connectivity index (χ2n) is 7.98. The summed E-state index contributed by atoms with van der Waals surface area (Å²) in [5.74, 6) is 0.566. The fourth-order valence-electron chi connectivity index (χ4n) is 4.13. The Morgan fingerprint density at radius 3 is 2.87 bits per heavy atom. The number of benzene rings is 1. The van der Waals surface area contributed by atoms with Crippen molar-refractivity contribution in [2.75, 3.05) is 18.4 Å². The quantitative estimate of drug-likeness (QED) is 0.600. The van der Waals surface area contributed by atoms with Gasteiger partial charge < -0.3 is 10.3 Å². The van der Waals surface area contributed by atoms with Crippen molar-refractivity contribution in [2.24, 2.45) is 0 Å². The highest BCUT2D eigenvalue weighted by atomic mass is 32.1. The zero-order chi connectivity index (χ0) is 21.1. The van der Waals surface area contributed by atoms with Crippen LogP contribution >= 0.6 is 11.3 Å². The molecular formula is C23H28N4O2S. The lowest BCUT2D eigenvalue weighted by Crippen LogP contribution is -2.34. The predicted molar refractivity (Wildman–Crippen MR) is 122 cm³/mol. The minimum Gasteiger partial charge on any atom is -0.325 e. The average molecular weight is 425 g/mol. The summed E-state index contributed by atoms with van der Waals surface area (Å²) >= 11 is 1.66. The zero-order valence-corrected chi connectivity index (χ0v) is 18.4. The lowest BCUT2D eigenvalue weighted by atomic mass is 9.97. The number of para-hydroxylation sites is 1. The molecule has 0 bridgehead atoms. The Labute approximate surface area is 180 Å². The van der Waals surface area contributed by atoms with Gasteiger partial charge in [0.25, 0.3) is 5.56 Å². The number of aryl methyl sites for hydroxylation is 3. The van der Waals surface area contributed by atoms with Crippen molar-refractivity contribution >= 4 is 33.1 Å². The summed E-state index contributed by atoms with van der Waals surface area (Å²) in [6.07, 6.45) is 5.26. The van der Waals surface area contributed by atoms with E-state index in [4.69, 9.17) is 4.98 Å². The lowest BCUT2D eigenvalue weighted by Gasteiger charge is -2.20. The summed E-state index contributed by atoms with van der Waals surface area (Å²) in [4.78, 5) is 37.3. The van der Waals surface area contributed by atoms with Gasteiger partial charge in [-0.2, -0.15) is 0 Å². The van der Waals surface area contributed by atoms with E-state index in [0.29, 0.717) is 12.4 Å². The number of aromatic amines is 1. The molecule has 1 aromatic carbocycles. The van der Waals surface area contributed by atoms with Crippen LogP contribution in [0.25, 0.3) is 10.2 Å². The van der Waals surface area contributed by atoms with Gasteiger partial charge in [0, 0.05) is 10.6 Å². The third-order valence-corrected chi connectivity index (χ3v) is 6.76. The van der Waals surface area contributed by atoms with Crippen LogP contribution < -0.4 is 10.9 Å². The molecule has 3 aromatic rings. The van der Waals surface area contributed by atoms with Gasteiger partial charge in [-0.15, -0.1) is 11.3 Å². The summed E-state index contributed by atoms with van der Waals surface area (Å²) in [6, 6.07) is 7.75. The minimum absolute atomic E-state index is 0.0461. The van der Waals surface area contributed by atoms with Crippen LogP contribution in [0.5, 0.6) is 0 Å². The Morgan fingerprint density at radius 1 is 1.27 bits per heavy atom. The summed E-state index contributed by atoms with van der Waals surface area (Å²) in [6.45, 7) is 5.51. The van der Waals surface area contributed by atoms with Crippen LogP contribution in [0.3, 0.4) is 0 Å². The average Bonchev–Trinajstić information content (AvgIpc) is 3.08. The van der Waals surface area contributed by atoms with Gasteiger partial charge in [-0.3, -0.25) is 14.5 Å². The third kappa shape index (κ3) is 4.47. The normalized spacial score (nSPS) is 13.6. The highest BCUT2D eigenvalue weighted by molar-refractivity contribution is 7.18. The first-order valence-electron chi connectivity index (χ1n) is 10.7. The number of nitrogens with zero attached hydrogens (tertiary/aromatic N) is 2. The highest BCUT2D eigenvalue weighted by Crippen LogP contribution is 2.33. The van der Waals surface area contributed by atoms with E-state index in [0.717, 1.165) is 53.7 Å². The Kier molecular flexibility index (Phi) is 6.29. The molecule has 7 heteroatoms. The molecule has 1 aliphatic carbocycles. The van der Waals surface area contributed by atoms with Gasteiger partial charge in [0.2, 0.25) is 5.91 Å². The molecule has 30 heavy (non-hydrogen) atoms. The molecule has 158 valence electrons. The second-order valence-corrected chi connectivity index (χ2v) is 9.06. The number of carbonyl (C=O) groups excluding carboxylic acids is 1. The molecule has 6 nitrogen and oxygen atoms in total. The number of rotatable bonds is 7. The number of hydrogen-bond acceptors (Lipinski definition) is 5. The molecule has 4 rings (SSSR count). The molecule has 0 saturated carbocycles. The highest BCUT2D eigenvalue weighted by Gasteiger charge is 2.20. The van der Waals surface area contributed by atoms with Crippen molar-refractivity contribution in [1.82, 2.24) is 14.9 Å². The molecule has 0 aliphatic heterocycles. The topological polar surface area (TPSA) is 78.1 Å². The van der Waals surface area contributed by atoms with Crippen molar-refractivity contribution in [3.8, 4) is 0 Å². The van der Waals surface area contributed by atoms with Crippen LogP contribution in [0.2, 0.25) is 0 Å². The number of thiophene rings is 1. The van der Waals surface area contributed by atoms with Crippen molar-refractivity contribution in [3.63, 3.8) is 0 Å². The number of nitrogens with one attached hydrogen (secondary N) is 2. The van der Waals surface area contributed by atoms with E-state index in [-0.39, 0.29) is 18.0 Å². The van der Waals surface area contributed by atoms with Gasteiger partial charge >= 0.3 is 0 Å². The van der Waals surface area contributed by atoms with Crippen LogP contribution in [0, 0.1) is 6.92 Å². The van der Waals surface area contributed by atoms with Gasteiger partial charge in [0.15, 0.2) is 0 Å². The molecule has 1 amide bonds. The van der Waals surface area contributed by atoms with Crippen LogP contribution in [0.4, 0.5) is 5.69 Å². The van der Waals surface area contributed by atoms with Gasteiger partial charge in [-0.05, 0) is 62.8 Å². The molecule has 0 saturated heterocycles. The molecule has 0 fully saturated rings. The predicted octanol–water partition coefficient (Wildman–Crippen LogP) is 4.02. The SMILES string of the molecule is CCCN(CC(=O)Nc1ccccc1C)Cc1nc2sc3c(c2c(=O)[nH]1)CCCC3. The third-order valence-electron chi connectivity index (χ3n) is 5.57. The van der Waals surface area contributed by atoms with E-state index >= 15 is 0 Å². The van der Waals surface area contributed by atoms with E-state index in [1.165, 1.54) is 16.9 Å². The first-order chi connectivity index (χ1) is 14.5. The molecular weight excluding hydrogens is 396 g/mol. The summed E-state index contributed by atoms with van der Waals surface area (Å²) < 4.78 is 0. The lowest BCUT2D eigenvalue weighted by molar-refractivity contribution is -0.117. The van der Waals surface area contributed by atoms with E-state index in [1.54, 1.807) is 11.3 Å². The first kappa shape index (κ1) is 20.8. The smallest absolute Gasteiger partial charge is 0.259 e. The largest absolute Gasteiger partial charge is 0.325 e. The number of anilines is 1. The molecule has 1 aliphatic rings. The van der Waals surface area contributed by atoms with Gasteiger partial charge in [-0.1, -0.05) is 25.1 Å². The Morgan fingerprint density at radius 2 is 2.07 bits per heavy atom. The summed E-state index contributed by atoms with van der Waals surface area (Å²) in [7, 11) is 0. The van der Waals surface area contributed by atoms with Crippen molar-refractivity contribution in [2.45, 2.75) is 52.5 Å². The maximum atomic E-state index is 12.8. The molecule has 2 N–H and O–H groups in total. The molecule has 0 spiro atoms. The number of amides is 1. The fraction of sp³-hybridized carbons (Fsp3) is 0.435. The maximum absolute atomic E-state index is 12.8. The van der Waals surface area contributed by atoms with Crippen LogP contribution in [-0.2, 0) is 24.2 Å². The Balaban J connectivity index is 1.51. The van der Waals surface area contributed by atoms with Crippen LogP contribution in [0.1, 0.15) is 48.0 Å². The molecule has 0 unspecified atom stereocenters. The number of H-pyrrole nitrogens is 1. The molecule has 0 radical (unpaired) electrons. The Hall–Kier alpha value is -2.51. The first-order valence-corrected chi connectivity index (χ1v) is 11.5. The molecule has 2 aromatic heterocycles. The monoisotopic (exact) mass is 424 g/mol. The van der Waals surface area contributed by atoms with Crippen LogP contribution in [0.15, 0.2) is 29.1 Å². The summed E-state index contributed by atoms with van der Waals surface area (Å²) in [5.41, 5.74) is 3.02. The van der Waals surface area contributed by atoms with E-state index < -0.39 is 0 Å². The minimum atomic E-state index is -0.0623. The fourth-order valence-corrected chi connectivity index (χ4v) is 5.41. The van der Waals surface area contributed by atoms with Crippen LogP contribution in [-0.4, -0.2) is 33.9 Å². The van der Waals surface area contributed by atoms with Crippen molar-refractivity contribution in [1.29, 1.82) is 0 Å². The zero-order valence-electron chi connectivity index (χ0n) is 17.6. The Bertz CT molecular complexity index is 1120. The van der Waals surface area contributed by atoms with Gasteiger partial charge in [-0.25, -0.2) is 4.98 Å². The van der Waals surface area contributed by atoms with Gasteiger partial charge in [0.05, 0.1) is 18.5 Å². The number of fused-ring (bicyclic) bond motifs is 3. The van der Waals surface area contributed by atoms with E-state index in [9.17, 15) is 9.59 Å². The van der Waals surface area contributed by atoms with Crippen molar-refractivity contribution in [3.05, 3.63) is 56.4 Å².